The summed E-state index contributed by atoms with van der Waals surface area (Å²) in [6, 6.07) is 4.22. The van der Waals surface area contributed by atoms with Crippen LogP contribution in [0.15, 0.2) is 18.3 Å². The van der Waals surface area contributed by atoms with Crippen LogP contribution in [0.3, 0.4) is 0 Å². The molecule has 1 atom stereocenters. The summed E-state index contributed by atoms with van der Waals surface area (Å²) < 4.78 is 9.70. The molecule has 9 nitrogen and oxygen atoms in total. The van der Waals surface area contributed by atoms with Gasteiger partial charge in [-0.1, -0.05) is 0 Å². The third-order valence-corrected chi connectivity index (χ3v) is 5.57. The van der Waals surface area contributed by atoms with Crippen molar-refractivity contribution in [2.75, 3.05) is 25.1 Å². The van der Waals surface area contributed by atoms with E-state index in [9.17, 15) is 0 Å². The number of methoxy groups -OCH3 is 1. The third kappa shape index (κ3) is 4.54. The van der Waals surface area contributed by atoms with Gasteiger partial charge in [0.15, 0.2) is 0 Å². The van der Waals surface area contributed by atoms with Gasteiger partial charge in [0.25, 0.3) is 0 Å². The number of ether oxygens (including phenoxy) is 1. The van der Waals surface area contributed by atoms with Crippen LogP contribution in [-0.2, 0) is 0 Å². The lowest BCUT2D eigenvalue weighted by Gasteiger charge is -2.25. The van der Waals surface area contributed by atoms with Crippen molar-refractivity contribution in [2.45, 2.75) is 45.7 Å². The molecule has 4 rings (SSSR count). The Morgan fingerprint density at radius 2 is 2.00 bits per heavy atom. The predicted octanol–water partition coefficient (Wildman–Crippen LogP) is 2.74. The molecular formula is C20H26N8OS. The first kappa shape index (κ1) is 20.5. The van der Waals surface area contributed by atoms with Crippen molar-refractivity contribution >= 4 is 17.5 Å². The second-order valence-electron chi connectivity index (χ2n) is 8.37. The molecule has 1 aliphatic rings. The highest BCUT2D eigenvalue weighted by Gasteiger charge is 2.27. The number of nitrogens with zero attached hydrogens (tertiary/aromatic N) is 7. The number of hydrogen-bond donors (Lipinski definition) is 1. The summed E-state index contributed by atoms with van der Waals surface area (Å²) >= 11 is 1.32. The standard InChI is InChI=1S/C20H26N8OS/c1-12-22-18(30-27-12)14-6-7-15(23-17(14)29-5)16-10-21-19(26-25-16)28-9-8-13(11-28)24-20(2,3)4/h6-7,10,13,24H,8-9,11H2,1-5H3/t13-/m1/s1. The Kier molecular flexibility index (Phi) is 5.61. The van der Waals surface area contributed by atoms with Crippen LogP contribution in [0.1, 0.15) is 33.0 Å². The number of pyridine rings is 1. The Labute approximate surface area is 180 Å². The fourth-order valence-electron chi connectivity index (χ4n) is 3.51. The second kappa shape index (κ2) is 8.19. The minimum absolute atomic E-state index is 0.0912. The van der Waals surface area contributed by atoms with E-state index >= 15 is 0 Å². The zero-order chi connectivity index (χ0) is 21.3. The van der Waals surface area contributed by atoms with Crippen molar-refractivity contribution in [2.24, 2.45) is 0 Å². The van der Waals surface area contributed by atoms with Crippen LogP contribution in [0.5, 0.6) is 5.88 Å². The van der Waals surface area contributed by atoms with Crippen LogP contribution < -0.4 is 15.0 Å². The summed E-state index contributed by atoms with van der Waals surface area (Å²) in [7, 11) is 1.59. The van der Waals surface area contributed by atoms with E-state index in [1.807, 2.05) is 19.1 Å². The SMILES string of the molecule is COc1nc(-c2cnc(N3CC[C@@H](NC(C)(C)C)C3)nn2)ccc1-c1nc(C)ns1. The molecule has 0 saturated carbocycles. The van der Waals surface area contributed by atoms with Gasteiger partial charge in [0.1, 0.15) is 16.5 Å². The van der Waals surface area contributed by atoms with Gasteiger partial charge in [0, 0.05) is 24.7 Å². The Morgan fingerprint density at radius 3 is 2.63 bits per heavy atom. The van der Waals surface area contributed by atoms with Gasteiger partial charge < -0.3 is 15.0 Å². The molecule has 4 heterocycles. The Morgan fingerprint density at radius 1 is 1.17 bits per heavy atom. The summed E-state index contributed by atoms with van der Waals surface area (Å²) in [5.41, 5.74) is 2.14. The molecule has 10 heteroatoms. The molecule has 0 spiro atoms. The van der Waals surface area contributed by atoms with E-state index in [1.54, 1.807) is 13.3 Å². The normalized spacial score (nSPS) is 16.8. The lowest BCUT2D eigenvalue weighted by Crippen LogP contribution is -2.45. The molecule has 1 saturated heterocycles. The van der Waals surface area contributed by atoms with E-state index in [2.05, 4.69) is 60.5 Å². The summed E-state index contributed by atoms with van der Waals surface area (Å²) in [5, 5.41) is 13.1. The maximum absolute atomic E-state index is 5.47. The van der Waals surface area contributed by atoms with Gasteiger partial charge in [0.05, 0.1) is 24.6 Å². The smallest absolute Gasteiger partial charge is 0.245 e. The lowest BCUT2D eigenvalue weighted by molar-refractivity contribution is 0.373. The number of aromatic nitrogens is 6. The quantitative estimate of drug-likeness (QED) is 0.660. The van der Waals surface area contributed by atoms with Crippen LogP contribution in [0, 0.1) is 6.92 Å². The molecule has 1 N–H and O–H groups in total. The maximum atomic E-state index is 5.47. The summed E-state index contributed by atoms with van der Waals surface area (Å²) in [5.74, 6) is 1.85. The fraction of sp³-hybridized carbons (Fsp3) is 0.500. The van der Waals surface area contributed by atoms with Gasteiger partial charge in [-0.3, -0.25) is 0 Å². The predicted molar refractivity (Wildman–Crippen MR) is 117 cm³/mol. The van der Waals surface area contributed by atoms with Crippen LogP contribution in [-0.4, -0.2) is 61.3 Å². The molecule has 158 valence electrons. The van der Waals surface area contributed by atoms with Crippen molar-refractivity contribution in [1.29, 1.82) is 0 Å². The fourth-order valence-corrected chi connectivity index (χ4v) is 4.20. The molecule has 0 bridgehead atoms. The molecule has 0 unspecified atom stereocenters. The van der Waals surface area contributed by atoms with Gasteiger partial charge >= 0.3 is 0 Å². The topological polar surface area (TPSA) is 102 Å². The van der Waals surface area contributed by atoms with E-state index in [4.69, 9.17) is 4.74 Å². The van der Waals surface area contributed by atoms with Gasteiger partial charge in [0.2, 0.25) is 11.8 Å². The van der Waals surface area contributed by atoms with Gasteiger partial charge in [-0.05, 0) is 57.8 Å². The molecule has 3 aromatic rings. The molecular weight excluding hydrogens is 400 g/mol. The first-order valence-electron chi connectivity index (χ1n) is 9.91. The molecule has 0 aliphatic carbocycles. The van der Waals surface area contributed by atoms with Crippen molar-refractivity contribution in [1.82, 2.24) is 34.8 Å². The molecule has 3 aromatic heterocycles. The maximum Gasteiger partial charge on any atom is 0.245 e. The van der Waals surface area contributed by atoms with Crippen molar-refractivity contribution < 1.29 is 4.74 Å². The zero-order valence-electron chi connectivity index (χ0n) is 17.9. The average molecular weight is 427 g/mol. The Balaban J connectivity index is 1.50. The molecule has 0 aromatic carbocycles. The highest BCUT2D eigenvalue weighted by Crippen LogP contribution is 2.31. The third-order valence-electron chi connectivity index (χ3n) is 4.73. The number of anilines is 1. The molecule has 0 radical (unpaired) electrons. The highest BCUT2D eigenvalue weighted by atomic mass is 32.1. The summed E-state index contributed by atoms with van der Waals surface area (Å²) in [6.45, 7) is 10.2. The van der Waals surface area contributed by atoms with Gasteiger partial charge in [-0.2, -0.15) is 4.37 Å². The van der Waals surface area contributed by atoms with Crippen LogP contribution in [0.25, 0.3) is 22.0 Å². The monoisotopic (exact) mass is 426 g/mol. The first-order chi connectivity index (χ1) is 14.3. The molecule has 1 fully saturated rings. The van der Waals surface area contributed by atoms with Gasteiger partial charge in [-0.15, -0.1) is 10.2 Å². The van der Waals surface area contributed by atoms with Crippen LogP contribution >= 0.6 is 11.5 Å². The van der Waals surface area contributed by atoms with Crippen molar-refractivity contribution in [3.8, 4) is 27.8 Å². The minimum atomic E-state index is 0.0912. The van der Waals surface area contributed by atoms with E-state index in [1.165, 1.54) is 11.5 Å². The van der Waals surface area contributed by atoms with Crippen molar-refractivity contribution in [3.05, 3.63) is 24.2 Å². The number of hydrogen-bond acceptors (Lipinski definition) is 10. The van der Waals surface area contributed by atoms with Crippen LogP contribution in [0.2, 0.25) is 0 Å². The molecule has 0 amide bonds. The van der Waals surface area contributed by atoms with E-state index in [-0.39, 0.29) is 5.54 Å². The zero-order valence-corrected chi connectivity index (χ0v) is 18.7. The number of rotatable bonds is 5. The Hall–Kier alpha value is -2.72. The Bertz CT molecular complexity index is 1010. The number of aryl methyl sites for hydroxylation is 1. The highest BCUT2D eigenvalue weighted by molar-refractivity contribution is 7.09. The van der Waals surface area contributed by atoms with E-state index < -0.39 is 0 Å². The van der Waals surface area contributed by atoms with Crippen LogP contribution in [0.4, 0.5) is 5.95 Å². The van der Waals surface area contributed by atoms with E-state index in [0.717, 1.165) is 35.9 Å². The number of nitrogens with one attached hydrogen (secondary N) is 1. The average Bonchev–Trinajstić information content (AvgIpc) is 3.35. The molecule has 1 aliphatic heterocycles. The largest absolute Gasteiger partial charge is 0.480 e. The van der Waals surface area contributed by atoms with Gasteiger partial charge in [-0.25, -0.2) is 15.0 Å². The second-order valence-corrected chi connectivity index (χ2v) is 9.12. The van der Waals surface area contributed by atoms with Crippen molar-refractivity contribution in [3.63, 3.8) is 0 Å². The first-order valence-corrected chi connectivity index (χ1v) is 10.7. The summed E-state index contributed by atoms with van der Waals surface area (Å²) in [4.78, 5) is 15.7. The minimum Gasteiger partial charge on any atom is -0.480 e. The summed E-state index contributed by atoms with van der Waals surface area (Å²) in [6.07, 6.45) is 2.77. The molecule has 30 heavy (non-hydrogen) atoms. The van der Waals surface area contributed by atoms with E-state index in [0.29, 0.717) is 29.3 Å². The lowest BCUT2D eigenvalue weighted by atomic mass is 10.1.